The number of halogens is 2. The van der Waals surface area contributed by atoms with E-state index < -0.39 is 0 Å². The van der Waals surface area contributed by atoms with Crippen LogP contribution in [0, 0.1) is 0 Å². The van der Waals surface area contributed by atoms with Crippen LogP contribution >= 0.6 is 23.2 Å². The van der Waals surface area contributed by atoms with Gasteiger partial charge in [-0.1, -0.05) is 29.3 Å². The monoisotopic (exact) mass is 339 g/mol. The first-order valence-electron chi connectivity index (χ1n) is 6.50. The zero-order chi connectivity index (χ0) is 16.1. The van der Waals surface area contributed by atoms with Crippen molar-refractivity contribution >= 4 is 29.1 Å². The first-order chi connectivity index (χ1) is 10.6. The van der Waals surface area contributed by atoms with Gasteiger partial charge in [-0.15, -0.1) is 0 Å². The van der Waals surface area contributed by atoms with Gasteiger partial charge in [0.25, 0.3) is 5.91 Å². The molecule has 6 heteroatoms. The molecule has 22 heavy (non-hydrogen) atoms. The molecule has 0 saturated heterocycles. The molecule has 1 N–H and O–H groups in total. The van der Waals surface area contributed by atoms with Crippen molar-refractivity contribution in [2.24, 2.45) is 0 Å². The van der Waals surface area contributed by atoms with E-state index in [1.54, 1.807) is 50.6 Å². The lowest BCUT2D eigenvalue weighted by atomic mass is 10.1. The molecule has 1 amide bonds. The number of rotatable bonds is 5. The maximum absolute atomic E-state index is 12.3. The Morgan fingerprint density at radius 2 is 1.77 bits per heavy atom. The second-order valence-electron chi connectivity index (χ2n) is 4.46. The number of amides is 1. The zero-order valence-electron chi connectivity index (χ0n) is 12.2. The van der Waals surface area contributed by atoms with Crippen LogP contribution in [0.2, 0.25) is 10.0 Å². The fourth-order valence-electron chi connectivity index (χ4n) is 2.00. The van der Waals surface area contributed by atoms with Crippen molar-refractivity contribution in [3.05, 3.63) is 57.6 Å². The lowest BCUT2D eigenvalue weighted by molar-refractivity contribution is 0.0951. The molecule has 0 radical (unpaired) electrons. The summed E-state index contributed by atoms with van der Waals surface area (Å²) in [5, 5.41) is 3.40. The van der Waals surface area contributed by atoms with E-state index in [1.165, 1.54) is 0 Å². The van der Waals surface area contributed by atoms with Crippen LogP contribution in [0.5, 0.6) is 11.5 Å². The molecule has 0 atom stereocenters. The molecule has 0 aliphatic carbocycles. The summed E-state index contributed by atoms with van der Waals surface area (Å²) in [4.78, 5) is 12.3. The van der Waals surface area contributed by atoms with Gasteiger partial charge >= 0.3 is 0 Å². The fourth-order valence-corrected chi connectivity index (χ4v) is 2.57. The number of ether oxygens (including phenoxy) is 2. The SMILES string of the molecule is COc1ccc(OC)c(CNC(=O)c2c(Cl)cccc2Cl)c1. The van der Waals surface area contributed by atoms with E-state index in [0.29, 0.717) is 21.5 Å². The molecule has 4 nitrogen and oxygen atoms in total. The Morgan fingerprint density at radius 3 is 2.36 bits per heavy atom. The third kappa shape index (κ3) is 3.64. The number of carbonyl (C=O) groups is 1. The number of methoxy groups -OCH3 is 2. The van der Waals surface area contributed by atoms with Gasteiger partial charge < -0.3 is 14.8 Å². The van der Waals surface area contributed by atoms with Crippen LogP contribution in [-0.2, 0) is 6.54 Å². The maximum atomic E-state index is 12.3. The van der Waals surface area contributed by atoms with E-state index in [0.717, 1.165) is 5.56 Å². The average molecular weight is 340 g/mol. The standard InChI is InChI=1S/C16H15Cl2NO3/c1-21-11-6-7-14(22-2)10(8-11)9-19-16(20)15-12(17)4-3-5-13(15)18/h3-8H,9H2,1-2H3,(H,19,20). The van der Waals surface area contributed by atoms with E-state index in [9.17, 15) is 4.79 Å². The summed E-state index contributed by atoms with van der Waals surface area (Å²) in [7, 11) is 3.14. The summed E-state index contributed by atoms with van der Waals surface area (Å²) >= 11 is 12.0. The van der Waals surface area contributed by atoms with Crippen LogP contribution in [0.3, 0.4) is 0 Å². The van der Waals surface area contributed by atoms with E-state index in [-0.39, 0.29) is 18.0 Å². The lowest BCUT2D eigenvalue weighted by Gasteiger charge is -2.12. The van der Waals surface area contributed by atoms with Crippen molar-refractivity contribution in [1.29, 1.82) is 0 Å². The first-order valence-corrected chi connectivity index (χ1v) is 7.25. The van der Waals surface area contributed by atoms with Gasteiger partial charge in [-0.2, -0.15) is 0 Å². The van der Waals surface area contributed by atoms with Gasteiger partial charge in [0, 0.05) is 12.1 Å². The van der Waals surface area contributed by atoms with E-state index in [4.69, 9.17) is 32.7 Å². The summed E-state index contributed by atoms with van der Waals surface area (Å²) in [6.07, 6.45) is 0. The Morgan fingerprint density at radius 1 is 1.09 bits per heavy atom. The number of hydrogen-bond acceptors (Lipinski definition) is 3. The molecule has 0 aliphatic rings. The van der Waals surface area contributed by atoms with Crippen LogP contribution in [-0.4, -0.2) is 20.1 Å². The molecule has 0 unspecified atom stereocenters. The molecule has 0 aliphatic heterocycles. The minimum absolute atomic E-state index is 0.257. The number of hydrogen-bond donors (Lipinski definition) is 1. The summed E-state index contributed by atoms with van der Waals surface area (Å²) < 4.78 is 10.4. The molecule has 116 valence electrons. The number of benzene rings is 2. The highest BCUT2D eigenvalue weighted by Crippen LogP contribution is 2.26. The summed E-state index contributed by atoms with van der Waals surface area (Å²) in [6, 6.07) is 10.3. The quantitative estimate of drug-likeness (QED) is 0.897. The highest BCUT2D eigenvalue weighted by Gasteiger charge is 2.15. The highest BCUT2D eigenvalue weighted by molar-refractivity contribution is 6.39. The van der Waals surface area contributed by atoms with Crippen LogP contribution in [0.1, 0.15) is 15.9 Å². The predicted molar refractivity (Wildman–Crippen MR) is 87.2 cm³/mol. The van der Waals surface area contributed by atoms with Gasteiger partial charge in [-0.25, -0.2) is 0 Å². The number of nitrogens with one attached hydrogen (secondary N) is 1. The molecule has 2 aromatic carbocycles. The smallest absolute Gasteiger partial charge is 0.254 e. The maximum Gasteiger partial charge on any atom is 0.254 e. The highest BCUT2D eigenvalue weighted by atomic mass is 35.5. The molecule has 0 heterocycles. The third-order valence-electron chi connectivity index (χ3n) is 3.12. The van der Waals surface area contributed by atoms with E-state index in [2.05, 4.69) is 5.32 Å². The van der Waals surface area contributed by atoms with E-state index >= 15 is 0 Å². The van der Waals surface area contributed by atoms with Crippen molar-refractivity contribution in [2.45, 2.75) is 6.54 Å². The predicted octanol–water partition coefficient (Wildman–Crippen LogP) is 3.94. The summed E-state index contributed by atoms with van der Waals surface area (Å²) in [6.45, 7) is 0.265. The van der Waals surface area contributed by atoms with Crippen LogP contribution in [0.25, 0.3) is 0 Å². The summed E-state index contributed by atoms with van der Waals surface area (Å²) in [5.41, 5.74) is 1.05. The summed E-state index contributed by atoms with van der Waals surface area (Å²) in [5.74, 6) is 0.993. The molecule has 2 aromatic rings. The molecule has 0 aromatic heterocycles. The van der Waals surface area contributed by atoms with Crippen molar-refractivity contribution in [2.75, 3.05) is 14.2 Å². The van der Waals surface area contributed by atoms with Crippen molar-refractivity contribution in [1.82, 2.24) is 5.32 Å². The minimum atomic E-state index is -0.347. The second-order valence-corrected chi connectivity index (χ2v) is 5.27. The fraction of sp³-hybridized carbons (Fsp3) is 0.188. The molecule has 0 saturated carbocycles. The van der Waals surface area contributed by atoms with Crippen LogP contribution in [0.4, 0.5) is 0 Å². The third-order valence-corrected chi connectivity index (χ3v) is 3.75. The zero-order valence-corrected chi connectivity index (χ0v) is 13.7. The first kappa shape index (κ1) is 16.5. The van der Waals surface area contributed by atoms with Gasteiger partial charge in [0.05, 0.1) is 29.8 Å². The van der Waals surface area contributed by atoms with Gasteiger partial charge in [0.15, 0.2) is 0 Å². The average Bonchev–Trinajstić information content (AvgIpc) is 2.52. The Hall–Kier alpha value is -1.91. The second kappa shape index (κ2) is 7.38. The Balaban J connectivity index is 2.18. The largest absolute Gasteiger partial charge is 0.497 e. The molecule has 0 spiro atoms. The van der Waals surface area contributed by atoms with Gasteiger partial charge in [0.1, 0.15) is 11.5 Å². The molecular formula is C16H15Cl2NO3. The van der Waals surface area contributed by atoms with Crippen LogP contribution in [0.15, 0.2) is 36.4 Å². The molecular weight excluding hydrogens is 325 g/mol. The molecule has 0 bridgehead atoms. The minimum Gasteiger partial charge on any atom is -0.497 e. The lowest BCUT2D eigenvalue weighted by Crippen LogP contribution is -2.23. The van der Waals surface area contributed by atoms with Crippen molar-refractivity contribution in [3.63, 3.8) is 0 Å². The molecule has 0 fully saturated rings. The van der Waals surface area contributed by atoms with Gasteiger partial charge in [-0.3, -0.25) is 4.79 Å². The number of carbonyl (C=O) groups excluding carboxylic acids is 1. The topological polar surface area (TPSA) is 47.6 Å². The Labute approximate surface area is 138 Å². The van der Waals surface area contributed by atoms with Gasteiger partial charge in [-0.05, 0) is 30.3 Å². The van der Waals surface area contributed by atoms with E-state index in [1.807, 2.05) is 0 Å². The molecule has 2 rings (SSSR count). The Kier molecular flexibility index (Phi) is 5.52. The van der Waals surface area contributed by atoms with Crippen molar-refractivity contribution < 1.29 is 14.3 Å². The Bertz CT molecular complexity index is 669. The van der Waals surface area contributed by atoms with Crippen molar-refractivity contribution in [3.8, 4) is 11.5 Å². The normalized spacial score (nSPS) is 10.2. The van der Waals surface area contributed by atoms with Gasteiger partial charge in [0.2, 0.25) is 0 Å². The van der Waals surface area contributed by atoms with Crippen LogP contribution < -0.4 is 14.8 Å².